The summed E-state index contributed by atoms with van der Waals surface area (Å²) in [4.78, 5) is 0. The van der Waals surface area contributed by atoms with E-state index in [1.54, 1.807) is 0 Å². The van der Waals surface area contributed by atoms with Gasteiger partial charge in [-0.05, 0) is 24.7 Å². The van der Waals surface area contributed by atoms with E-state index in [0.29, 0.717) is 5.60 Å². The summed E-state index contributed by atoms with van der Waals surface area (Å²) in [5.74, 6) is 4.52. The van der Waals surface area contributed by atoms with Gasteiger partial charge in [-0.3, -0.25) is 0 Å². The van der Waals surface area contributed by atoms with Gasteiger partial charge in [0.2, 0.25) is 0 Å². The Hall–Kier alpha value is -0.300. The third-order valence-corrected chi connectivity index (χ3v) is 5.27. The maximum atomic E-state index is 5.83. The lowest BCUT2D eigenvalue weighted by atomic mass is 9.87. The lowest BCUT2D eigenvalue weighted by Gasteiger charge is -2.22. The molecule has 0 aromatic heterocycles. The lowest BCUT2D eigenvalue weighted by molar-refractivity contribution is 0.0358. The number of ether oxygens (including phenoxy) is 1. The lowest BCUT2D eigenvalue weighted by Crippen LogP contribution is -2.24. The highest BCUT2D eigenvalue weighted by Gasteiger charge is 2.79. The molecule has 3 saturated carbocycles. The number of fused-ring (bicyclic) bond motifs is 4. The van der Waals surface area contributed by atoms with Gasteiger partial charge in [0.05, 0.1) is 5.60 Å². The largest absolute Gasteiger partial charge is 0.377 e. The third kappa shape index (κ3) is 0.527. The summed E-state index contributed by atoms with van der Waals surface area (Å²) in [6.45, 7) is 0. The standard InChI is InChI=1S/C12H16O/c1-13-12-9-5-6-10(12)11(12)8-4-2-3-7(8)9/h5-11H,2-4H2,1H3/t7-,8+,9-,10+,11-,12?/m0/s1. The Morgan fingerprint density at radius 1 is 1.15 bits per heavy atom. The van der Waals surface area contributed by atoms with Crippen LogP contribution >= 0.6 is 0 Å². The van der Waals surface area contributed by atoms with Gasteiger partial charge in [0.25, 0.3) is 0 Å². The molecule has 0 aromatic carbocycles. The quantitative estimate of drug-likeness (QED) is 0.557. The Kier molecular flexibility index (Phi) is 1.02. The Bertz CT molecular complexity index is 295. The van der Waals surface area contributed by atoms with Crippen molar-refractivity contribution in [2.24, 2.45) is 29.6 Å². The zero-order chi connectivity index (χ0) is 8.63. The first-order valence-electron chi connectivity index (χ1n) is 5.63. The van der Waals surface area contributed by atoms with Crippen molar-refractivity contribution in [3.63, 3.8) is 0 Å². The van der Waals surface area contributed by atoms with Gasteiger partial charge in [-0.1, -0.05) is 18.6 Å². The molecule has 70 valence electrons. The molecule has 1 unspecified atom stereocenters. The summed E-state index contributed by atoms with van der Waals surface area (Å²) < 4.78 is 5.83. The van der Waals surface area contributed by atoms with E-state index in [-0.39, 0.29) is 0 Å². The van der Waals surface area contributed by atoms with Gasteiger partial charge in [0, 0.05) is 24.9 Å². The normalized spacial score (nSPS) is 65.5. The van der Waals surface area contributed by atoms with Crippen molar-refractivity contribution >= 4 is 0 Å². The Labute approximate surface area is 79.2 Å². The second-order valence-corrected chi connectivity index (χ2v) is 5.28. The molecule has 4 aliphatic rings. The zero-order valence-electron chi connectivity index (χ0n) is 8.07. The topological polar surface area (TPSA) is 9.23 Å². The highest BCUT2D eigenvalue weighted by Crippen LogP contribution is 2.76. The summed E-state index contributed by atoms with van der Waals surface area (Å²) in [5.41, 5.74) is 0.315. The number of hydrogen-bond acceptors (Lipinski definition) is 1. The van der Waals surface area contributed by atoms with E-state index in [9.17, 15) is 0 Å². The van der Waals surface area contributed by atoms with Crippen molar-refractivity contribution in [2.45, 2.75) is 24.9 Å². The summed E-state index contributed by atoms with van der Waals surface area (Å²) in [6, 6.07) is 0. The molecule has 13 heavy (non-hydrogen) atoms. The fourth-order valence-corrected chi connectivity index (χ4v) is 4.94. The van der Waals surface area contributed by atoms with Gasteiger partial charge < -0.3 is 4.74 Å². The fraction of sp³-hybridized carbons (Fsp3) is 0.833. The van der Waals surface area contributed by atoms with Crippen molar-refractivity contribution in [3.8, 4) is 0 Å². The minimum absolute atomic E-state index is 0.315. The van der Waals surface area contributed by atoms with Crippen LogP contribution in [0.3, 0.4) is 0 Å². The molecule has 4 aliphatic carbocycles. The molecule has 0 spiro atoms. The minimum Gasteiger partial charge on any atom is -0.377 e. The van der Waals surface area contributed by atoms with Gasteiger partial charge in [-0.15, -0.1) is 0 Å². The highest BCUT2D eigenvalue weighted by molar-refractivity contribution is 5.39. The first kappa shape index (κ1) is 7.05. The SMILES string of the molecule is COC12[C@H]3[C@@H]4CCC[C@@H]4[C@@H]1C=C[C@H]32. The van der Waals surface area contributed by atoms with Crippen molar-refractivity contribution in [2.75, 3.05) is 7.11 Å². The molecule has 0 heterocycles. The molecule has 0 saturated heterocycles. The summed E-state index contributed by atoms with van der Waals surface area (Å²) in [5, 5.41) is 0. The van der Waals surface area contributed by atoms with E-state index < -0.39 is 0 Å². The molecular formula is C12H16O. The van der Waals surface area contributed by atoms with E-state index in [0.717, 1.165) is 29.6 Å². The average molecular weight is 176 g/mol. The number of methoxy groups -OCH3 is 1. The monoisotopic (exact) mass is 176 g/mol. The van der Waals surface area contributed by atoms with Crippen LogP contribution < -0.4 is 0 Å². The maximum Gasteiger partial charge on any atom is 0.0847 e. The molecule has 1 nitrogen and oxygen atoms in total. The maximum absolute atomic E-state index is 5.83. The summed E-state index contributed by atoms with van der Waals surface area (Å²) in [6.07, 6.45) is 9.32. The van der Waals surface area contributed by atoms with Crippen molar-refractivity contribution in [1.82, 2.24) is 0 Å². The van der Waals surface area contributed by atoms with E-state index in [1.165, 1.54) is 19.3 Å². The molecule has 1 heteroatoms. The second kappa shape index (κ2) is 1.88. The summed E-state index contributed by atoms with van der Waals surface area (Å²) in [7, 11) is 1.92. The Morgan fingerprint density at radius 3 is 2.77 bits per heavy atom. The van der Waals surface area contributed by atoms with Crippen LogP contribution in [-0.4, -0.2) is 12.7 Å². The molecule has 0 aliphatic heterocycles. The first-order valence-corrected chi connectivity index (χ1v) is 5.63. The van der Waals surface area contributed by atoms with Crippen LogP contribution in [0.4, 0.5) is 0 Å². The molecule has 4 rings (SSSR count). The smallest absolute Gasteiger partial charge is 0.0847 e. The van der Waals surface area contributed by atoms with Crippen LogP contribution in [0.2, 0.25) is 0 Å². The molecule has 3 fully saturated rings. The van der Waals surface area contributed by atoms with Gasteiger partial charge in [-0.25, -0.2) is 0 Å². The molecule has 0 amide bonds. The zero-order valence-corrected chi connectivity index (χ0v) is 8.07. The fourth-order valence-electron chi connectivity index (χ4n) is 4.94. The number of hydrogen-bond donors (Lipinski definition) is 0. The van der Waals surface area contributed by atoms with Gasteiger partial charge in [0.1, 0.15) is 0 Å². The molecule has 0 radical (unpaired) electrons. The van der Waals surface area contributed by atoms with Gasteiger partial charge in [-0.2, -0.15) is 0 Å². The van der Waals surface area contributed by atoms with Crippen LogP contribution in [0.1, 0.15) is 19.3 Å². The van der Waals surface area contributed by atoms with Gasteiger partial charge in [0.15, 0.2) is 0 Å². The average Bonchev–Trinajstić information content (AvgIpc) is 2.56. The van der Waals surface area contributed by atoms with Gasteiger partial charge >= 0.3 is 0 Å². The van der Waals surface area contributed by atoms with Crippen molar-refractivity contribution in [1.29, 1.82) is 0 Å². The van der Waals surface area contributed by atoms with E-state index in [2.05, 4.69) is 12.2 Å². The minimum atomic E-state index is 0.315. The van der Waals surface area contributed by atoms with Crippen LogP contribution in [0.25, 0.3) is 0 Å². The molecular weight excluding hydrogens is 160 g/mol. The third-order valence-electron chi connectivity index (χ3n) is 5.27. The molecule has 6 atom stereocenters. The van der Waals surface area contributed by atoms with Crippen LogP contribution in [0.15, 0.2) is 12.2 Å². The second-order valence-electron chi connectivity index (χ2n) is 5.28. The molecule has 0 bridgehead atoms. The predicted octanol–water partition coefficient (Wildman–Crippen LogP) is 2.23. The molecule has 0 aromatic rings. The Balaban J connectivity index is 1.82. The van der Waals surface area contributed by atoms with Crippen molar-refractivity contribution < 1.29 is 4.74 Å². The first-order chi connectivity index (χ1) is 6.39. The van der Waals surface area contributed by atoms with E-state index in [1.807, 2.05) is 7.11 Å². The van der Waals surface area contributed by atoms with Crippen LogP contribution in [-0.2, 0) is 4.74 Å². The summed E-state index contributed by atoms with van der Waals surface area (Å²) >= 11 is 0. The molecule has 0 N–H and O–H groups in total. The van der Waals surface area contributed by atoms with Crippen LogP contribution in [0, 0.1) is 29.6 Å². The Morgan fingerprint density at radius 2 is 1.92 bits per heavy atom. The highest BCUT2D eigenvalue weighted by atomic mass is 16.5. The van der Waals surface area contributed by atoms with E-state index >= 15 is 0 Å². The van der Waals surface area contributed by atoms with Crippen LogP contribution in [0.5, 0.6) is 0 Å². The predicted molar refractivity (Wildman–Crippen MR) is 50.2 cm³/mol. The van der Waals surface area contributed by atoms with E-state index in [4.69, 9.17) is 4.74 Å². The number of rotatable bonds is 1. The van der Waals surface area contributed by atoms with Crippen molar-refractivity contribution in [3.05, 3.63) is 12.2 Å².